The largest absolute Gasteiger partial charge is 0.489 e. The minimum Gasteiger partial charge on any atom is -0.489 e. The van der Waals surface area contributed by atoms with E-state index in [-0.39, 0.29) is 0 Å². The van der Waals surface area contributed by atoms with Crippen LogP contribution in [0.4, 0.5) is 5.69 Å². The maximum atomic E-state index is 6.10. The fourth-order valence-electron chi connectivity index (χ4n) is 2.31. The summed E-state index contributed by atoms with van der Waals surface area (Å²) in [6, 6.07) is 21.5. The van der Waals surface area contributed by atoms with Crippen LogP contribution in [0.15, 0.2) is 71.2 Å². The summed E-state index contributed by atoms with van der Waals surface area (Å²) in [6.07, 6.45) is 0. The topological polar surface area (TPSA) is 21.3 Å². The third-order valence-electron chi connectivity index (χ3n) is 3.63. The van der Waals surface area contributed by atoms with Gasteiger partial charge in [-0.2, -0.15) is 0 Å². The molecule has 3 rings (SSSR count). The molecule has 0 saturated carbocycles. The van der Waals surface area contributed by atoms with Crippen LogP contribution in [0, 0.1) is 0 Å². The number of benzene rings is 3. The number of halogens is 3. The summed E-state index contributed by atoms with van der Waals surface area (Å²) in [5, 5.41) is 4.76. The van der Waals surface area contributed by atoms with Crippen LogP contribution in [0.1, 0.15) is 11.1 Å². The summed E-state index contributed by atoms with van der Waals surface area (Å²) in [6.45, 7) is 1.21. The lowest BCUT2D eigenvalue weighted by atomic mass is 10.2. The lowest BCUT2D eigenvalue weighted by Crippen LogP contribution is -2.00. The molecule has 3 aromatic carbocycles. The summed E-state index contributed by atoms with van der Waals surface area (Å²) in [7, 11) is 0. The number of ether oxygens (including phenoxy) is 1. The normalized spacial score (nSPS) is 10.5. The Bertz CT molecular complexity index is 853. The second-order valence-corrected chi connectivity index (χ2v) is 7.24. The maximum Gasteiger partial charge on any atom is 0.119 e. The SMILES string of the molecule is Clc1cccc(COc2ccc(CNc3ccc(Br)c(Cl)c3)cc2)c1. The second kappa shape index (κ2) is 8.61. The highest BCUT2D eigenvalue weighted by Gasteiger charge is 2.01. The lowest BCUT2D eigenvalue weighted by Gasteiger charge is -2.10. The van der Waals surface area contributed by atoms with E-state index in [0.717, 1.165) is 32.1 Å². The molecule has 1 N–H and O–H groups in total. The van der Waals surface area contributed by atoms with E-state index in [1.54, 1.807) is 0 Å². The first-order valence-electron chi connectivity index (χ1n) is 7.75. The Kier molecular flexibility index (Phi) is 6.24. The van der Waals surface area contributed by atoms with E-state index in [9.17, 15) is 0 Å². The zero-order valence-electron chi connectivity index (χ0n) is 13.3. The molecule has 0 aromatic heterocycles. The third-order valence-corrected chi connectivity index (χ3v) is 5.10. The Hall–Kier alpha value is -1.68. The van der Waals surface area contributed by atoms with Gasteiger partial charge in [-0.25, -0.2) is 0 Å². The van der Waals surface area contributed by atoms with Gasteiger partial charge in [-0.1, -0.05) is 47.5 Å². The van der Waals surface area contributed by atoms with Crippen molar-refractivity contribution in [1.82, 2.24) is 0 Å². The van der Waals surface area contributed by atoms with E-state index < -0.39 is 0 Å². The van der Waals surface area contributed by atoms with E-state index >= 15 is 0 Å². The summed E-state index contributed by atoms with van der Waals surface area (Å²) < 4.78 is 6.68. The molecule has 3 aromatic rings. The highest BCUT2D eigenvalue weighted by atomic mass is 79.9. The van der Waals surface area contributed by atoms with Gasteiger partial charge in [0.1, 0.15) is 12.4 Å². The number of nitrogens with one attached hydrogen (secondary N) is 1. The Morgan fingerprint density at radius 1 is 0.880 bits per heavy atom. The van der Waals surface area contributed by atoms with Crippen molar-refractivity contribution in [2.45, 2.75) is 13.2 Å². The summed E-state index contributed by atoms with van der Waals surface area (Å²) in [4.78, 5) is 0. The first kappa shape index (κ1) is 18.1. The number of hydrogen-bond donors (Lipinski definition) is 1. The molecule has 0 heterocycles. The van der Waals surface area contributed by atoms with Crippen LogP contribution in [0.3, 0.4) is 0 Å². The maximum absolute atomic E-state index is 6.10. The van der Waals surface area contributed by atoms with Gasteiger partial charge in [0.05, 0.1) is 5.02 Å². The third kappa shape index (κ3) is 5.40. The van der Waals surface area contributed by atoms with E-state index in [0.29, 0.717) is 18.2 Å². The van der Waals surface area contributed by atoms with Crippen LogP contribution in [-0.4, -0.2) is 0 Å². The first-order chi connectivity index (χ1) is 12.1. The van der Waals surface area contributed by atoms with Crippen molar-refractivity contribution in [2.75, 3.05) is 5.32 Å². The minimum atomic E-state index is 0.496. The van der Waals surface area contributed by atoms with E-state index in [1.807, 2.05) is 66.7 Å². The molecule has 0 atom stereocenters. The van der Waals surface area contributed by atoms with Gasteiger partial charge in [0.15, 0.2) is 0 Å². The minimum absolute atomic E-state index is 0.496. The van der Waals surface area contributed by atoms with Crippen molar-refractivity contribution in [3.63, 3.8) is 0 Å². The molecule has 0 saturated heterocycles. The van der Waals surface area contributed by atoms with Crippen molar-refractivity contribution in [1.29, 1.82) is 0 Å². The van der Waals surface area contributed by atoms with Crippen LogP contribution >= 0.6 is 39.1 Å². The van der Waals surface area contributed by atoms with E-state index in [4.69, 9.17) is 27.9 Å². The average Bonchev–Trinajstić information content (AvgIpc) is 2.62. The summed E-state index contributed by atoms with van der Waals surface area (Å²) in [5.74, 6) is 0.829. The zero-order chi connectivity index (χ0) is 17.6. The quantitative estimate of drug-likeness (QED) is 0.451. The van der Waals surface area contributed by atoms with Gasteiger partial charge in [-0.05, 0) is 69.5 Å². The fourth-order valence-corrected chi connectivity index (χ4v) is 2.95. The number of hydrogen-bond acceptors (Lipinski definition) is 2. The molecular weight excluding hydrogens is 421 g/mol. The molecule has 2 nitrogen and oxygen atoms in total. The molecule has 0 fully saturated rings. The highest BCUT2D eigenvalue weighted by Crippen LogP contribution is 2.26. The Morgan fingerprint density at radius 2 is 1.68 bits per heavy atom. The molecule has 25 heavy (non-hydrogen) atoms. The van der Waals surface area contributed by atoms with Crippen LogP contribution in [0.2, 0.25) is 10.0 Å². The van der Waals surface area contributed by atoms with Gasteiger partial charge in [0, 0.05) is 21.7 Å². The monoisotopic (exact) mass is 435 g/mol. The predicted molar refractivity (Wildman–Crippen MR) is 109 cm³/mol. The second-order valence-electron chi connectivity index (χ2n) is 5.54. The smallest absolute Gasteiger partial charge is 0.119 e. The Balaban J connectivity index is 1.54. The van der Waals surface area contributed by atoms with Crippen molar-refractivity contribution in [3.05, 3.63) is 92.4 Å². The van der Waals surface area contributed by atoms with Gasteiger partial charge in [0.2, 0.25) is 0 Å². The summed E-state index contributed by atoms with van der Waals surface area (Å²) in [5.41, 5.74) is 3.19. The Labute approximate surface area is 165 Å². The van der Waals surface area contributed by atoms with Crippen molar-refractivity contribution >= 4 is 44.8 Å². The molecule has 0 spiro atoms. The lowest BCUT2D eigenvalue weighted by molar-refractivity contribution is 0.306. The molecule has 5 heteroatoms. The van der Waals surface area contributed by atoms with E-state index in [2.05, 4.69) is 21.2 Å². The number of anilines is 1. The molecule has 0 bridgehead atoms. The molecular formula is C20H16BrCl2NO. The fraction of sp³-hybridized carbons (Fsp3) is 0.100. The molecule has 0 aliphatic heterocycles. The van der Waals surface area contributed by atoms with Gasteiger partial charge in [0.25, 0.3) is 0 Å². The van der Waals surface area contributed by atoms with Gasteiger partial charge in [-0.15, -0.1) is 0 Å². The zero-order valence-corrected chi connectivity index (χ0v) is 16.4. The summed E-state index contributed by atoms with van der Waals surface area (Å²) >= 11 is 15.5. The van der Waals surface area contributed by atoms with Crippen molar-refractivity contribution in [3.8, 4) is 5.75 Å². The highest BCUT2D eigenvalue weighted by molar-refractivity contribution is 9.10. The molecule has 128 valence electrons. The molecule has 0 amide bonds. The van der Waals surface area contributed by atoms with Gasteiger partial charge >= 0.3 is 0 Å². The van der Waals surface area contributed by atoms with Crippen molar-refractivity contribution < 1.29 is 4.74 Å². The van der Waals surface area contributed by atoms with Crippen LogP contribution in [0.25, 0.3) is 0 Å². The average molecular weight is 437 g/mol. The van der Waals surface area contributed by atoms with Crippen LogP contribution < -0.4 is 10.1 Å². The number of rotatable bonds is 6. The van der Waals surface area contributed by atoms with Crippen molar-refractivity contribution in [2.24, 2.45) is 0 Å². The van der Waals surface area contributed by atoms with Gasteiger partial charge in [-0.3, -0.25) is 0 Å². The standard InChI is InChI=1S/C20H16BrCl2NO/c21-19-9-6-17(11-20(19)23)24-12-14-4-7-18(8-5-14)25-13-15-2-1-3-16(22)10-15/h1-11,24H,12-13H2. The van der Waals surface area contributed by atoms with E-state index in [1.165, 1.54) is 0 Å². The van der Waals surface area contributed by atoms with Crippen LogP contribution in [0.5, 0.6) is 5.75 Å². The Morgan fingerprint density at radius 3 is 2.40 bits per heavy atom. The van der Waals surface area contributed by atoms with Gasteiger partial charge < -0.3 is 10.1 Å². The molecule has 0 aliphatic carbocycles. The molecule has 0 radical (unpaired) electrons. The predicted octanol–water partition coefficient (Wildman–Crippen LogP) is 6.95. The van der Waals surface area contributed by atoms with Crippen LogP contribution in [-0.2, 0) is 13.2 Å². The molecule has 0 unspecified atom stereocenters. The molecule has 0 aliphatic rings. The first-order valence-corrected chi connectivity index (χ1v) is 9.30.